The summed E-state index contributed by atoms with van der Waals surface area (Å²) < 4.78 is 0. The Kier molecular flexibility index (Phi) is 9.85. The number of hydrogen-bond donors (Lipinski definition) is 0. The smallest absolute Gasteiger partial charge is 0.263 e. The molecule has 2 aliphatic rings. The predicted octanol–water partition coefficient (Wildman–Crippen LogP) is 7.97. The third-order valence-electron chi connectivity index (χ3n) is 5.68. The SMILES string of the molecule is CC1=[C-]C(C)(C)C(C)=C1C.CCCC.[Zr+2].[c-]1cccc2c1Cc1ccccc1-2. The van der Waals surface area contributed by atoms with Crippen molar-refractivity contribution in [1.29, 1.82) is 0 Å². The minimum atomic E-state index is 0. The zero-order chi connectivity index (χ0) is 20.0. The van der Waals surface area contributed by atoms with Gasteiger partial charge in [0.2, 0.25) is 0 Å². The number of allylic oxidation sites excluding steroid dienone is 4. The molecule has 1 heteroatoms. The van der Waals surface area contributed by atoms with Gasteiger partial charge in [-0.25, -0.2) is 5.57 Å². The molecule has 0 aromatic heterocycles. The standard InChI is InChI=1S/C13H9.C10H15.C4H10.Zr/c1-3-7-12-10(5-1)9-11-6-2-4-8-13(11)12;1-7-6-10(4,5)9(3)8(7)2;1-3-4-2;/h1-5,7-8H,9H2;1-5H3;3-4H2,1-2H3;/q2*-1;;+2. The first-order valence-electron chi connectivity index (χ1n) is 10.2. The average Bonchev–Trinajstić information content (AvgIpc) is 3.13. The van der Waals surface area contributed by atoms with E-state index in [1.165, 1.54) is 51.8 Å². The molecule has 146 valence electrons. The van der Waals surface area contributed by atoms with Crippen molar-refractivity contribution >= 4 is 0 Å². The number of hydrogen-bond acceptors (Lipinski definition) is 0. The molecule has 2 aromatic carbocycles. The van der Waals surface area contributed by atoms with E-state index in [0.29, 0.717) is 0 Å². The van der Waals surface area contributed by atoms with Crippen LogP contribution in [-0.4, -0.2) is 0 Å². The third-order valence-corrected chi connectivity index (χ3v) is 5.68. The van der Waals surface area contributed by atoms with Crippen LogP contribution in [-0.2, 0) is 32.6 Å². The van der Waals surface area contributed by atoms with Gasteiger partial charge in [-0.05, 0) is 6.42 Å². The van der Waals surface area contributed by atoms with Crippen molar-refractivity contribution in [2.75, 3.05) is 0 Å². The maximum absolute atomic E-state index is 3.44. The first kappa shape index (κ1) is 24.8. The van der Waals surface area contributed by atoms with Crippen LogP contribution in [0.1, 0.15) is 72.4 Å². The molecule has 2 aliphatic carbocycles. The molecule has 0 fully saturated rings. The second-order valence-corrected chi connectivity index (χ2v) is 8.02. The van der Waals surface area contributed by atoms with Gasteiger partial charge < -0.3 is 0 Å². The van der Waals surface area contributed by atoms with Gasteiger partial charge in [0.1, 0.15) is 0 Å². The van der Waals surface area contributed by atoms with Gasteiger partial charge in [-0.15, -0.1) is 12.5 Å². The van der Waals surface area contributed by atoms with Crippen molar-refractivity contribution in [3.05, 3.63) is 82.5 Å². The van der Waals surface area contributed by atoms with E-state index in [9.17, 15) is 0 Å². The van der Waals surface area contributed by atoms with Crippen molar-refractivity contribution in [1.82, 2.24) is 0 Å². The third kappa shape index (κ3) is 5.90. The minimum Gasteiger partial charge on any atom is -0.263 e. The van der Waals surface area contributed by atoms with E-state index in [2.05, 4.69) is 97.0 Å². The molecular formula is C27H34Zr. The maximum Gasteiger partial charge on any atom is 2.00 e. The van der Waals surface area contributed by atoms with Gasteiger partial charge in [0.15, 0.2) is 0 Å². The molecule has 28 heavy (non-hydrogen) atoms. The Bertz CT molecular complexity index is 791. The minimum absolute atomic E-state index is 0. The summed E-state index contributed by atoms with van der Waals surface area (Å²) in [4.78, 5) is 0. The Balaban J connectivity index is 0.000000235. The molecule has 0 bridgehead atoms. The molecule has 2 aromatic rings. The normalized spacial score (nSPS) is 15.2. The molecule has 0 heterocycles. The van der Waals surface area contributed by atoms with Crippen LogP contribution in [0.3, 0.4) is 0 Å². The summed E-state index contributed by atoms with van der Waals surface area (Å²) in [6.07, 6.45) is 7.12. The first-order valence-corrected chi connectivity index (χ1v) is 10.2. The van der Waals surface area contributed by atoms with E-state index in [-0.39, 0.29) is 31.6 Å². The number of rotatable bonds is 1. The molecule has 0 unspecified atom stereocenters. The van der Waals surface area contributed by atoms with Gasteiger partial charge in [-0.3, -0.25) is 6.08 Å². The van der Waals surface area contributed by atoms with Crippen LogP contribution in [0.25, 0.3) is 11.1 Å². The summed E-state index contributed by atoms with van der Waals surface area (Å²) in [5, 5.41) is 0. The molecule has 0 aliphatic heterocycles. The van der Waals surface area contributed by atoms with Crippen LogP contribution < -0.4 is 0 Å². The molecule has 0 amide bonds. The number of unbranched alkanes of at least 4 members (excludes halogenated alkanes) is 1. The first-order chi connectivity index (χ1) is 12.8. The number of benzene rings is 2. The summed E-state index contributed by atoms with van der Waals surface area (Å²) in [7, 11) is 0. The zero-order valence-corrected chi connectivity index (χ0v) is 21.1. The van der Waals surface area contributed by atoms with E-state index in [1.54, 1.807) is 0 Å². The van der Waals surface area contributed by atoms with Crippen molar-refractivity contribution < 1.29 is 26.2 Å². The van der Waals surface area contributed by atoms with Crippen LogP contribution >= 0.6 is 0 Å². The van der Waals surface area contributed by atoms with E-state index in [4.69, 9.17) is 0 Å². The van der Waals surface area contributed by atoms with Crippen molar-refractivity contribution in [3.8, 4) is 11.1 Å². The van der Waals surface area contributed by atoms with Crippen LogP contribution in [0, 0.1) is 17.6 Å². The van der Waals surface area contributed by atoms with Crippen LogP contribution in [0.2, 0.25) is 0 Å². The Morgan fingerprint density at radius 1 is 0.893 bits per heavy atom. The van der Waals surface area contributed by atoms with Crippen LogP contribution in [0.5, 0.6) is 0 Å². The number of fused-ring (bicyclic) bond motifs is 3. The monoisotopic (exact) mass is 448 g/mol. The Morgan fingerprint density at radius 3 is 2.00 bits per heavy atom. The largest absolute Gasteiger partial charge is 2.00 e. The molecule has 0 saturated carbocycles. The van der Waals surface area contributed by atoms with E-state index in [0.717, 1.165) is 6.42 Å². The van der Waals surface area contributed by atoms with Gasteiger partial charge in [0, 0.05) is 0 Å². The molecule has 0 atom stereocenters. The fraction of sp³-hybridized carbons (Fsp3) is 0.407. The second kappa shape index (κ2) is 11.1. The van der Waals surface area contributed by atoms with Crippen molar-refractivity contribution in [2.24, 2.45) is 5.41 Å². The quantitative estimate of drug-likeness (QED) is 0.330. The fourth-order valence-corrected chi connectivity index (χ4v) is 3.40. The van der Waals surface area contributed by atoms with E-state index >= 15 is 0 Å². The van der Waals surface area contributed by atoms with Gasteiger partial charge in [-0.2, -0.15) is 41.0 Å². The predicted molar refractivity (Wildman–Crippen MR) is 119 cm³/mol. The Morgan fingerprint density at radius 2 is 1.50 bits per heavy atom. The van der Waals surface area contributed by atoms with Crippen molar-refractivity contribution in [2.45, 2.75) is 67.7 Å². The van der Waals surface area contributed by atoms with Gasteiger partial charge in [0.25, 0.3) is 0 Å². The molecule has 0 N–H and O–H groups in total. The Hall–Kier alpha value is -1.20. The summed E-state index contributed by atoms with van der Waals surface area (Å²) in [6, 6.07) is 18.1. The second-order valence-electron chi connectivity index (χ2n) is 8.02. The molecule has 0 nitrogen and oxygen atoms in total. The van der Waals surface area contributed by atoms with Gasteiger partial charge >= 0.3 is 26.2 Å². The summed E-state index contributed by atoms with van der Waals surface area (Å²) in [6.45, 7) is 15.3. The molecule has 0 saturated heterocycles. The van der Waals surface area contributed by atoms with Crippen molar-refractivity contribution in [3.63, 3.8) is 0 Å². The summed E-state index contributed by atoms with van der Waals surface area (Å²) >= 11 is 0. The van der Waals surface area contributed by atoms with Gasteiger partial charge in [0.05, 0.1) is 0 Å². The zero-order valence-electron chi connectivity index (χ0n) is 18.7. The maximum atomic E-state index is 3.44. The summed E-state index contributed by atoms with van der Waals surface area (Å²) in [5.41, 5.74) is 9.90. The van der Waals surface area contributed by atoms with Gasteiger partial charge in [-0.1, -0.05) is 95.2 Å². The molecule has 4 rings (SSSR count). The fourth-order valence-electron chi connectivity index (χ4n) is 3.40. The molecule has 0 spiro atoms. The van der Waals surface area contributed by atoms with E-state index < -0.39 is 0 Å². The van der Waals surface area contributed by atoms with E-state index in [1.807, 2.05) is 6.07 Å². The molecular weight excluding hydrogens is 416 g/mol. The topological polar surface area (TPSA) is 0 Å². The van der Waals surface area contributed by atoms with Crippen LogP contribution in [0.15, 0.2) is 59.2 Å². The molecule has 0 radical (unpaired) electrons. The Labute approximate surface area is 192 Å². The van der Waals surface area contributed by atoms with Crippen LogP contribution in [0.4, 0.5) is 0 Å². The average molecular weight is 450 g/mol. The summed E-state index contributed by atoms with van der Waals surface area (Å²) in [5.74, 6) is 0.